The normalized spacial score (nSPS) is 13.6. The lowest BCUT2D eigenvalue weighted by Crippen LogP contribution is -2.13. The Balaban J connectivity index is 2.63. The lowest BCUT2D eigenvalue weighted by atomic mass is 10.4. The lowest BCUT2D eigenvalue weighted by molar-refractivity contribution is 0.227. The molecule has 0 spiro atoms. The van der Waals surface area contributed by atoms with Crippen LogP contribution in [0, 0.1) is 0 Å². The highest BCUT2D eigenvalue weighted by molar-refractivity contribution is 7.67. The minimum absolute atomic E-state index is 0.351. The molecular weight excluding hydrogens is 170 g/mol. The number of hydrogen-bond donors (Lipinski definition) is 3. The zero-order valence-electron chi connectivity index (χ0n) is 5.43. The van der Waals surface area contributed by atoms with Crippen molar-refractivity contribution in [2.24, 2.45) is 5.73 Å². The van der Waals surface area contributed by atoms with Crippen molar-refractivity contribution < 1.29 is 12.6 Å². The van der Waals surface area contributed by atoms with Gasteiger partial charge in [0.15, 0.2) is 6.23 Å². The average Bonchev–Trinajstić information content (AvgIpc) is 2.35. The largest absolute Gasteiger partial charge is 0.300 e. The molecular formula is C4H7N3O3S. The highest BCUT2D eigenvalue weighted by atomic mass is 32.2. The molecule has 3 N–H and O–H groups in total. The fourth-order valence-electron chi connectivity index (χ4n) is 0.577. The van der Waals surface area contributed by atoms with Crippen LogP contribution in [0.1, 0.15) is 11.9 Å². The van der Waals surface area contributed by atoms with Crippen molar-refractivity contribution in [2.45, 2.75) is 6.23 Å². The molecule has 0 aliphatic heterocycles. The van der Waals surface area contributed by atoms with Gasteiger partial charge in [0.2, 0.25) is 0 Å². The molecule has 0 radical (unpaired) electrons. The molecule has 1 rings (SSSR count). The van der Waals surface area contributed by atoms with Crippen LogP contribution < -0.4 is 5.73 Å². The van der Waals surface area contributed by atoms with Crippen molar-refractivity contribution in [1.82, 2.24) is 10.2 Å². The van der Waals surface area contributed by atoms with Gasteiger partial charge in [-0.05, 0) is 6.07 Å². The monoisotopic (exact) mass is 177 g/mol. The first-order valence-electron chi connectivity index (χ1n) is 2.76. The molecule has 1 atom stereocenters. The van der Waals surface area contributed by atoms with Crippen LogP contribution in [0.15, 0.2) is 12.3 Å². The van der Waals surface area contributed by atoms with Gasteiger partial charge < -0.3 is 0 Å². The van der Waals surface area contributed by atoms with Crippen LogP contribution in [0.2, 0.25) is 0 Å². The van der Waals surface area contributed by atoms with Gasteiger partial charge in [-0.2, -0.15) is 5.10 Å². The van der Waals surface area contributed by atoms with Crippen LogP contribution >= 0.6 is 0 Å². The molecule has 0 saturated carbocycles. The topological polar surface area (TPSA) is 98.1 Å². The second-order valence-electron chi connectivity index (χ2n) is 1.75. The Morgan fingerprint density at radius 1 is 1.73 bits per heavy atom. The van der Waals surface area contributed by atoms with Crippen LogP contribution in [-0.2, 0) is 15.2 Å². The number of H-pyrrole nitrogens is 1. The number of nitrogens with zero attached hydrogens (tertiary/aromatic N) is 1. The van der Waals surface area contributed by atoms with Crippen LogP contribution in [-0.4, -0.2) is 18.6 Å². The first-order valence-corrected chi connectivity index (χ1v) is 3.86. The van der Waals surface area contributed by atoms with E-state index < -0.39 is 17.2 Å². The first kappa shape index (κ1) is 8.18. The number of aromatic amines is 1. The number of nitrogens with one attached hydrogen (secondary N) is 1. The number of aromatic nitrogens is 2. The molecule has 62 valence electrons. The smallest absolute Gasteiger partial charge is 0.259 e. The van der Waals surface area contributed by atoms with Gasteiger partial charge >= 0.3 is 0 Å². The molecule has 0 aliphatic rings. The number of nitrogens with two attached hydrogens (primary N) is 1. The minimum Gasteiger partial charge on any atom is -0.300 e. The van der Waals surface area contributed by atoms with Crippen LogP contribution in [0.25, 0.3) is 0 Å². The Morgan fingerprint density at radius 3 is 2.91 bits per heavy atom. The van der Waals surface area contributed by atoms with Crippen LogP contribution in [0.3, 0.4) is 0 Å². The molecule has 0 aromatic carbocycles. The molecule has 0 aliphatic carbocycles. The summed E-state index contributed by atoms with van der Waals surface area (Å²) < 4.78 is 24.2. The van der Waals surface area contributed by atoms with E-state index in [0.29, 0.717) is 5.69 Å². The zero-order chi connectivity index (χ0) is 8.27. The third-order valence-electron chi connectivity index (χ3n) is 1.01. The van der Waals surface area contributed by atoms with Gasteiger partial charge in [0.05, 0.1) is 0 Å². The van der Waals surface area contributed by atoms with E-state index in [-0.39, 0.29) is 0 Å². The maximum atomic E-state index is 10.0. The summed E-state index contributed by atoms with van der Waals surface area (Å²) in [5, 5.41) is 6.10. The highest BCUT2D eigenvalue weighted by Crippen LogP contribution is 2.05. The van der Waals surface area contributed by atoms with Crippen LogP contribution in [0.5, 0.6) is 0 Å². The van der Waals surface area contributed by atoms with Gasteiger partial charge in [-0.15, -0.1) is 0 Å². The van der Waals surface area contributed by atoms with E-state index in [1.165, 1.54) is 12.3 Å². The van der Waals surface area contributed by atoms with E-state index in [2.05, 4.69) is 14.4 Å². The summed E-state index contributed by atoms with van der Waals surface area (Å²) in [5.74, 6) is 0. The van der Waals surface area contributed by atoms with Gasteiger partial charge in [-0.3, -0.25) is 10.8 Å². The molecule has 0 amide bonds. The van der Waals surface area contributed by atoms with Crippen molar-refractivity contribution in [3.63, 3.8) is 0 Å². The molecule has 0 saturated heterocycles. The third kappa shape index (κ3) is 2.30. The van der Waals surface area contributed by atoms with Gasteiger partial charge in [-0.25, -0.2) is 12.6 Å². The number of thiol groups is 1. The summed E-state index contributed by atoms with van der Waals surface area (Å²) in [7, 11) is -2.92. The van der Waals surface area contributed by atoms with Crippen molar-refractivity contribution in [3.8, 4) is 0 Å². The second kappa shape index (κ2) is 3.46. The summed E-state index contributed by atoms with van der Waals surface area (Å²) in [6.07, 6.45) is 0.513. The summed E-state index contributed by atoms with van der Waals surface area (Å²) in [6, 6.07) is 1.53. The summed E-state index contributed by atoms with van der Waals surface area (Å²) in [5.41, 5.74) is 5.60. The summed E-state index contributed by atoms with van der Waals surface area (Å²) >= 11 is 0. The van der Waals surface area contributed by atoms with E-state index >= 15 is 0 Å². The van der Waals surface area contributed by atoms with Gasteiger partial charge in [-0.1, -0.05) is 0 Å². The van der Waals surface area contributed by atoms with E-state index in [1.807, 2.05) is 0 Å². The Labute approximate surface area is 64.5 Å². The molecule has 0 bridgehead atoms. The van der Waals surface area contributed by atoms with Gasteiger partial charge in [0.25, 0.3) is 11.0 Å². The molecule has 11 heavy (non-hydrogen) atoms. The van der Waals surface area contributed by atoms with Crippen molar-refractivity contribution >= 4 is 11.0 Å². The number of hydrogen-bond acceptors (Lipinski definition) is 5. The fraction of sp³-hybridized carbons (Fsp3) is 0.250. The standard InChI is InChI=1S/C4H7N3O3S/c5-4(10-11(8)9)3-1-2-6-7-3/h1-2,4,11H,5H2,(H,6,7). The third-order valence-corrected chi connectivity index (χ3v) is 1.41. The molecule has 1 aromatic heterocycles. The van der Waals surface area contributed by atoms with Gasteiger partial charge in [0.1, 0.15) is 5.69 Å². The maximum absolute atomic E-state index is 10.0. The summed E-state index contributed by atoms with van der Waals surface area (Å²) in [4.78, 5) is 0. The SMILES string of the molecule is NC(O[SH](=O)=O)c1cc[nH]n1. The van der Waals surface area contributed by atoms with Crippen molar-refractivity contribution in [2.75, 3.05) is 0 Å². The number of rotatable bonds is 3. The Morgan fingerprint density at radius 2 is 2.45 bits per heavy atom. The fourth-order valence-corrected chi connectivity index (χ4v) is 0.870. The Hall–Kier alpha value is -0.920. The average molecular weight is 177 g/mol. The predicted molar refractivity (Wildman–Crippen MR) is 36.9 cm³/mol. The Kier molecular flexibility index (Phi) is 2.58. The summed E-state index contributed by atoms with van der Waals surface area (Å²) in [6.45, 7) is 0. The quantitative estimate of drug-likeness (QED) is 0.402. The zero-order valence-corrected chi connectivity index (χ0v) is 6.32. The Bertz CT molecular complexity index is 273. The van der Waals surface area contributed by atoms with Crippen molar-refractivity contribution in [3.05, 3.63) is 18.0 Å². The highest BCUT2D eigenvalue weighted by Gasteiger charge is 2.08. The molecule has 6 nitrogen and oxygen atoms in total. The minimum atomic E-state index is -2.92. The van der Waals surface area contributed by atoms with E-state index in [0.717, 1.165) is 0 Å². The molecule has 1 heterocycles. The first-order chi connectivity index (χ1) is 5.20. The maximum Gasteiger partial charge on any atom is 0.259 e. The van der Waals surface area contributed by atoms with Gasteiger partial charge in [0, 0.05) is 6.20 Å². The van der Waals surface area contributed by atoms with E-state index in [1.54, 1.807) is 0 Å². The molecule has 1 aromatic rings. The molecule has 7 heteroatoms. The molecule has 1 unspecified atom stereocenters. The van der Waals surface area contributed by atoms with Crippen LogP contribution in [0.4, 0.5) is 0 Å². The van der Waals surface area contributed by atoms with E-state index in [4.69, 9.17) is 5.73 Å². The molecule has 0 fully saturated rings. The second-order valence-corrected chi connectivity index (χ2v) is 2.41. The predicted octanol–water partition coefficient (Wildman–Crippen LogP) is -1.09. The van der Waals surface area contributed by atoms with E-state index in [9.17, 15) is 8.42 Å². The lowest BCUT2D eigenvalue weighted by Gasteiger charge is -2.01. The van der Waals surface area contributed by atoms with Crippen molar-refractivity contribution in [1.29, 1.82) is 0 Å².